The van der Waals surface area contributed by atoms with Crippen LogP contribution in [0, 0.1) is 5.92 Å². The largest absolute Gasteiger partial charge is 0.449 e. The van der Waals surface area contributed by atoms with Gasteiger partial charge in [-0.25, -0.2) is 4.79 Å². The minimum atomic E-state index is -0.301. The van der Waals surface area contributed by atoms with Gasteiger partial charge < -0.3 is 15.4 Å². The van der Waals surface area contributed by atoms with Crippen LogP contribution in [0.3, 0.4) is 0 Å². The van der Waals surface area contributed by atoms with E-state index >= 15 is 0 Å². The number of rotatable bonds is 3. The summed E-state index contributed by atoms with van der Waals surface area (Å²) >= 11 is 0. The number of amides is 1. The number of alkyl carbamates (subject to hydrolysis) is 1. The van der Waals surface area contributed by atoms with Crippen LogP contribution >= 0.6 is 0 Å². The van der Waals surface area contributed by atoms with Crippen molar-refractivity contribution < 1.29 is 9.53 Å². The third-order valence-corrected chi connectivity index (χ3v) is 2.32. The normalized spacial score (nSPS) is 26.6. The van der Waals surface area contributed by atoms with Crippen molar-refractivity contribution in [1.82, 2.24) is 10.6 Å². The number of carbonyl (C=O) groups excluding carboxylic acids is 1. The standard InChI is InChI=1S/C10H20N2O2/c1-8(2)6-14-9(13)12-10(3)4-5-11-7-10/h8,11H,4-7H2,1-3H3,(H,12,13). The molecular formula is C10H20N2O2. The van der Waals surface area contributed by atoms with Gasteiger partial charge in [-0.15, -0.1) is 0 Å². The van der Waals surface area contributed by atoms with Gasteiger partial charge in [0.2, 0.25) is 0 Å². The minimum Gasteiger partial charge on any atom is -0.449 e. The Kier molecular flexibility index (Phi) is 3.75. The van der Waals surface area contributed by atoms with Crippen molar-refractivity contribution in [2.75, 3.05) is 19.7 Å². The summed E-state index contributed by atoms with van der Waals surface area (Å²) in [4.78, 5) is 11.3. The molecule has 14 heavy (non-hydrogen) atoms. The molecule has 0 bridgehead atoms. The van der Waals surface area contributed by atoms with E-state index in [9.17, 15) is 4.79 Å². The van der Waals surface area contributed by atoms with Crippen molar-refractivity contribution in [2.24, 2.45) is 5.92 Å². The molecular weight excluding hydrogens is 180 g/mol. The second-order valence-electron chi connectivity index (χ2n) is 4.60. The Morgan fingerprint density at radius 1 is 1.64 bits per heavy atom. The van der Waals surface area contributed by atoms with Gasteiger partial charge in [0.15, 0.2) is 0 Å². The Morgan fingerprint density at radius 2 is 2.36 bits per heavy atom. The molecule has 0 aliphatic carbocycles. The SMILES string of the molecule is CC(C)COC(=O)NC1(C)CCNC1. The minimum absolute atomic E-state index is 0.131. The van der Waals surface area contributed by atoms with Crippen molar-refractivity contribution >= 4 is 6.09 Å². The molecule has 0 aromatic rings. The van der Waals surface area contributed by atoms with Gasteiger partial charge >= 0.3 is 6.09 Å². The fraction of sp³-hybridized carbons (Fsp3) is 0.900. The molecule has 2 N–H and O–H groups in total. The van der Waals surface area contributed by atoms with Gasteiger partial charge in [-0.05, 0) is 25.8 Å². The first-order chi connectivity index (χ1) is 6.52. The molecule has 1 rings (SSSR count). The Morgan fingerprint density at radius 3 is 2.86 bits per heavy atom. The van der Waals surface area contributed by atoms with Crippen LogP contribution in [0.1, 0.15) is 27.2 Å². The van der Waals surface area contributed by atoms with Crippen molar-refractivity contribution in [3.05, 3.63) is 0 Å². The van der Waals surface area contributed by atoms with Gasteiger partial charge in [-0.3, -0.25) is 0 Å². The molecule has 0 spiro atoms. The predicted octanol–water partition coefficient (Wildman–Crippen LogP) is 1.12. The Hall–Kier alpha value is -0.770. The summed E-state index contributed by atoms with van der Waals surface area (Å²) in [7, 11) is 0. The highest BCUT2D eigenvalue weighted by Gasteiger charge is 2.30. The van der Waals surface area contributed by atoms with E-state index in [-0.39, 0.29) is 11.6 Å². The van der Waals surface area contributed by atoms with E-state index in [0.29, 0.717) is 12.5 Å². The maximum atomic E-state index is 11.3. The Labute approximate surface area is 85.4 Å². The van der Waals surface area contributed by atoms with Crippen LogP contribution in [0.25, 0.3) is 0 Å². The lowest BCUT2D eigenvalue weighted by Gasteiger charge is -2.24. The summed E-state index contributed by atoms with van der Waals surface area (Å²) in [5, 5.41) is 6.10. The number of ether oxygens (including phenoxy) is 1. The van der Waals surface area contributed by atoms with Gasteiger partial charge in [-0.1, -0.05) is 13.8 Å². The third-order valence-electron chi connectivity index (χ3n) is 2.32. The zero-order valence-electron chi connectivity index (χ0n) is 9.22. The summed E-state index contributed by atoms with van der Waals surface area (Å²) in [6.45, 7) is 8.34. The van der Waals surface area contributed by atoms with E-state index in [4.69, 9.17) is 4.74 Å². The Bertz CT molecular complexity index is 198. The van der Waals surface area contributed by atoms with Gasteiger partial charge in [0.05, 0.1) is 12.1 Å². The number of hydrogen-bond acceptors (Lipinski definition) is 3. The average Bonchev–Trinajstić information content (AvgIpc) is 2.48. The number of hydrogen-bond donors (Lipinski definition) is 2. The maximum Gasteiger partial charge on any atom is 0.407 e. The van der Waals surface area contributed by atoms with E-state index in [1.165, 1.54) is 0 Å². The summed E-state index contributed by atoms with van der Waals surface area (Å²) in [6, 6.07) is 0. The van der Waals surface area contributed by atoms with Gasteiger partial charge in [0, 0.05) is 6.54 Å². The highest BCUT2D eigenvalue weighted by molar-refractivity contribution is 5.68. The van der Waals surface area contributed by atoms with E-state index in [1.807, 2.05) is 20.8 Å². The lowest BCUT2D eigenvalue weighted by atomic mass is 10.0. The fourth-order valence-electron chi connectivity index (χ4n) is 1.45. The molecule has 82 valence electrons. The molecule has 1 aliphatic heterocycles. The van der Waals surface area contributed by atoms with E-state index in [2.05, 4.69) is 10.6 Å². The highest BCUT2D eigenvalue weighted by atomic mass is 16.5. The number of carbonyl (C=O) groups is 1. The van der Waals surface area contributed by atoms with E-state index in [0.717, 1.165) is 19.5 Å². The van der Waals surface area contributed by atoms with Crippen molar-refractivity contribution in [3.8, 4) is 0 Å². The quantitative estimate of drug-likeness (QED) is 0.717. The molecule has 1 atom stereocenters. The lowest BCUT2D eigenvalue weighted by Crippen LogP contribution is -2.47. The fourth-order valence-corrected chi connectivity index (χ4v) is 1.45. The van der Waals surface area contributed by atoms with E-state index < -0.39 is 0 Å². The number of nitrogens with one attached hydrogen (secondary N) is 2. The summed E-state index contributed by atoms with van der Waals surface area (Å²) in [6.07, 6.45) is 0.661. The molecule has 4 heteroatoms. The Balaban J connectivity index is 2.25. The lowest BCUT2D eigenvalue weighted by molar-refractivity contribution is 0.123. The molecule has 4 nitrogen and oxygen atoms in total. The van der Waals surface area contributed by atoms with Gasteiger partial charge in [0.25, 0.3) is 0 Å². The van der Waals surface area contributed by atoms with Crippen molar-refractivity contribution in [3.63, 3.8) is 0 Å². The van der Waals surface area contributed by atoms with Gasteiger partial charge in [0.1, 0.15) is 0 Å². The molecule has 0 aromatic carbocycles. The van der Waals surface area contributed by atoms with Gasteiger partial charge in [-0.2, -0.15) is 0 Å². The highest BCUT2D eigenvalue weighted by Crippen LogP contribution is 2.13. The van der Waals surface area contributed by atoms with Crippen LogP contribution in [-0.2, 0) is 4.74 Å². The van der Waals surface area contributed by atoms with Crippen LogP contribution in [0.15, 0.2) is 0 Å². The monoisotopic (exact) mass is 200 g/mol. The topological polar surface area (TPSA) is 50.4 Å². The predicted molar refractivity (Wildman–Crippen MR) is 55.2 cm³/mol. The maximum absolute atomic E-state index is 11.3. The molecule has 0 saturated carbocycles. The van der Waals surface area contributed by atoms with Crippen LogP contribution < -0.4 is 10.6 Å². The third kappa shape index (κ3) is 3.54. The first-order valence-corrected chi connectivity index (χ1v) is 5.17. The van der Waals surface area contributed by atoms with Crippen LogP contribution in [0.5, 0.6) is 0 Å². The summed E-state index contributed by atoms with van der Waals surface area (Å²) < 4.78 is 5.05. The van der Waals surface area contributed by atoms with Crippen LogP contribution in [-0.4, -0.2) is 31.3 Å². The smallest absolute Gasteiger partial charge is 0.407 e. The first-order valence-electron chi connectivity index (χ1n) is 5.17. The second-order valence-corrected chi connectivity index (χ2v) is 4.60. The molecule has 1 saturated heterocycles. The molecule has 0 aromatic heterocycles. The zero-order chi connectivity index (χ0) is 10.6. The van der Waals surface area contributed by atoms with Crippen molar-refractivity contribution in [1.29, 1.82) is 0 Å². The molecule has 1 amide bonds. The average molecular weight is 200 g/mol. The van der Waals surface area contributed by atoms with Crippen LogP contribution in [0.2, 0.25) is 0 Å². The van der Waals surface area contributed by atoms with Crippen molar-refractivity contribution in [2.45, 2.75) is 32.7 Å². The van der Waals surface area contributed by atoms with E-state index in [1.54, 1.807) is 0 Å². The summed E-state index contributed by atoms with van der Waals surface area (Å²) in [5.41, 5.74) is -0.131. The molecule has 1 aliphatic rings. The first kappa shape index (κ1) is 11.3. The van der Waals surface area contributed by atoms with Crippen LogP contribution in [0.4, 0.5) is 4.79 Å². The molecule has 1 fully saturated rings. The molecule has 1 unspecified atom stereocenters. The molecule has 0 radical (unpaired) electrons. The summed E-state index contributed by atoms with van der Waals surface area (Å²) in [5.74, 6) is 0.384. The second kappa shape index (κ2) is 4.64. The zero-order valence-corrected chi connectivity index (χ0v) is 9.22. The molecule has 1 heterocycles.